The molecule has 1 aliphatic rings. The SMILES string of the molecule is C#CC1CC(=O)N(C(C)c2ccccn2)C1. The number of nitrogens with zero attached hydrogens (tertiary/aromatic N) is 2. The van der Waals surface area contributed by atoms with Crippen LogP contribution in [0.4, 0.5) is 0 Å². The topological polar surface area (TPSA) is 33.2 Å². The van der Waals surface area contributed by atoms with Crippen LogP contribution in [-0.2, 0) is 4.79 Å². The zero-order valence-electron chi connectivity index (χ0n) is 9.26. The summed E-state index contributed by atoms with van der Waals surface area (Å²) >= 11 is 0. The summed E-state index contributed by atoms with van der Waals surface area (Å²) in [5.41, 5.74) is 0.911. The maximum absolute atomic E-state index is 11.8. The van der Waals surface area contributed by atoms with E-state index in [-0.39, 0.29) is 17.9 Å². The van der Waals surface area contributed by atoms with Gasteiger partial charge in [-0.3, -0.25) is 9.78 Å². The number of hydrogen-bond acceptors (Lipinski definition) is 2. The van der Waals surface area contributed by atoms with Crippen LogP contribution in [0.5, 0.6) is 0 Å². The minimum atomic E-state index is 0.00653. The fraction of sp³-hybridized carbons (Fsp3) is 0.385. The molecule has 0 spiro atoms. The molecule has 2 atom stereocenters. The monoisotopic (exact) mass is 214 g/mol. The summed E-state index contributed by atoms with van der Waals surface area (Å²) in [6, 6.07) is 5.73. The molecule has 1 aliphatic heterocycles. The number of rotatable bonds is 2. The molecule has 1 fully saturated rings. The summed E-state index contributed by atoms with van der Waals surface area (Å²) in [5, 5.41) is 0. The molecule has 3 nitrogen and oxygen atoms in total. The molecule has 16 heavy (non-hydrogen) atoms. The highest BCUT2D eigenvalue weighted by Crippen LogP contribution is 2.26. The number of carbonyl (C=O) groups is 1. The minimum Gasteiger partial charge on any atom is -0.333 e. The van der Waals surface area contributed by atoms with Crippen molar-refractivity contribution in [2.45, 2.75) is 19.4 Å². The highest BCUT2D eigenvalue weighted by Gasteiger charge is 2.32. The van der Waals surface area contributed by atoms with Crippen LogP contribution in [0.15, 0.2) is 24.4 Å². The van der Waals surface area contributed by atoms with E-state index in [2.05, 4.69) is 10.9 Å². The van der Waals surface area contributed by atoms with Gasteiger partial charge in [0.15, 0.2) is 0 Å². The van der Waals surface area contributed by atoms with Crippen LogP contribution >= 0.6 is 0 Å². The van der Waals surface area contributed by atoms with E-state index in [1.807, 2.05) is 30.0 Å². The van der Waals surface area contributed by atoms with Gasteiger partial charge in [0.2, 0.25) is 5.91 Å². The van der Waals surface area contributed by atoms with Gasteiger partial charge in [0, 0.05) is 25.1 Å². The molecule has 82 valence electrons. The second-order valence-electron chi connectivity index (χ2n) is 4.04. The van der Waals surface area contributed by atoms with Gasteiger partial charge in [-0.1, -0.05) is 6.07 Å². The number of amides is 1. The molecule has 1 aromatic heterocycles. The van der Waals surface area contributed by atoms with Gasteiger partial charge in [-0.05, 0) is 19.1 Å². The minimum absolute atomic E-state index is 0.00653. The standard InChI is InChI=1S/C13H14N2O/c1-3-11-8-13(16)15(9-11)10(2)12-6-4-5-7-14-12/h1,4-7,10-11H,8-9H2,2H3. The third kappa shape index (κ3) is 1.92. The van der Waals surface area contributed by atoms with Crippen molar-refractivity contribution in [2.75, 3.05) is 6.54 Å². The number of terminal acetylenes is 1. The second-order valence-corrected chi connectivity index (χ2v) is 4.04. The van der Waals surface area contributed by atoms with Gasteiger partial charge in [-0.15, -0.1) is 12.3 Å². The van der Waals surface area contributed by atoms with Gasteiger partial charge in [-0.25, -0.2) is 0 Å². The van der Waals surface area contributed by atoms with Crippen molar-refractivity contribution < 1.29 is 4.79 Å². The maximum Gasteiger partial charge on any atom is 0.224 e. The Balaban J connectivity index is 2.15. The van der Waals surface area contributed by atoms with Gasteiger partial charge in [-0.2, -0.15) is 0 Å². The van der Waals surface area contributed by atoms with Crippen LogP contribution in [0.3, 0.4) is 0 Å². The van der Waals surface area contributed by atoms with Crippen LogP contribution in [-0.4, -0.2) is 22.3 Å². The van der Waals surface area contributed by atoms with E-state index in [0.29, 0.717) is 13.0 Å². The first kappa shape index (κ1) is 10.7. The number of pyridine rings is 1. The normalized spacial score (nSPS) is 21.9. The molecule has 0 bridgehead atoms. The predicted molar refractivity (Wildman–Crippen MR) is 61.3 cm³/mol. The Bertz CT molecular complexity index is 421. The third-order valence-corrected chi connectivity index (χ3v) is 2.98. The van der Waals surface area contributed by atoms with E-state index >= 15 is 0 Å². The van der Waals surface area contributed by atoms with Crippen LogP contribution in [0.2, 0.25) is 0 Å². The van der Waals surface area contributed by atoms with Crippen LogP contribution in [0.1, 0.15) is 25.1 Å². The summed E-state index contributed by atoms with van der Waals surface area (Å²) in [4.78, 5) is 17.8. The molecule has 3 heteroatoms. The molecule has 1 saturated heterocycles. The number of hydrogen-bond donors (Lipinski definition) is 0. The average Bonchev–Trinajstić information content (AvgIpc) is 2.71. The molecule has 0 aliphatic carbocycles. The second kappa shape index (κ2) is 4.36. The first-order valence-corrected chi connectivity index (χ1v) is 5.39. The van der Waals surface area contributed by atoms with E-state index in [1.54, 1.807) is 6.20 Å². The highest BCUT2D eigenvalue weighted by molar-refractivity contribution is 5.79. The zero-order chi connectivity index (χ0) is 11.5. The fourth-order valence-electron chi connectivity index (χ4n) is 2.00. The Hall–Kier alpha value is -1.82. The Morgan fingerprint density at radius 2 is 2.44 bits per heavy atom. The fourth-order valence-corrected chi connectivity index (χ4v) is 2.00. The number of likely N-dealkylation sites (tertiary alicyclic amines) is 1. The molecule has 2 unspecified atom stereocenters. The van der Waals surface area contributed by atoms with E-state index < -0.39 is 0 Å². The van der Waals surface area contributed by atoms with Gasteiger partial charge < -0.3 is 4.90 Å². The molecule has 0 saturated carbocycles. The summed E-state index contributed by atoms with van der Waals surface area (Å²) in [7, 11) is 0. The Morgan fingerprint density at radius 1 is 1.62 bits per heavy atom. The van der Waals surface area contributed by atoms with Gasteiger partial charge in [0.05, 0.1) is 11.7 Å². The largest absolute Gasteiger partial charge is 0.333 e. The lowest BCUT2D eigenvalue weighted by atomic mass is 10.1. The van der Waals surface area contributed by atoms with E-state index in [0.717, 1.165) is 5.69 Å². The Kier molecular flexibility index (Phi) is 2.91. The van der Waals surface area contributed by atoms with Crippen molar-refractivity contribution in [3.05, 3.63) is 30.1 Å². The van der Waals surface area contributed by atoms with Crippen LogP contribution in [0, 0.1) is 18.3 Å². The van der Waals surface area contributed by atoms with E-state index in [9.17, 15) is 4.79 Å². The van der Waals surface area contributed by atoms with Gasteiger partial charge >= 0.3 is 0 Å². The van der Waals surface area contributed by atoms with Gasteiger partial charge in [0.1, 0.15) is 0 Å². The van der Waals surface area contributed by atoms with E-state index in [1.165, 1.54) is 0 Å². The molecular formula is C13H14N2O. The Labute approximate surface area is 95.5 Å². The van der Waals surface area contributed by atoms with Crippen molar-refractivity contribution in [1.29, 1.82) is 0 Å². The number of aromatic nitrogens is 1. The molecule has 1 aromatic rings. The molecule has 0 aromatic carbocycles. The lowest BCUT2D eigenvalue weighted by molar-refractivity contribution is -0.129. The zero-order valence-corrected chi connectivity index (χ0v) is 9.26. The molecule has 2 heterocycles. The molecular weight excluding hydrogens is 200 g/mol. The predicted octanol–water partition coefficient (Wildman–Crippen LogP) is 1.62. The summed E-state index contributed by atoms with van der Waals surface area (Å²) in [6.45, 7) is 2.63. The Morgan fingerprint density at radius 3 is 3.00 bits per heavy atom. The van der Waals surface area contributed by atoms with Crippen molar-refractivity contribution >= 4 is 5.91 Å². The first-order chi connectivity index (χ1) is 7.72. The third-order valence-electron chi connectivity index (χ3n) is 2.98. The van der Waals surface area contributed by atoms with Gasteiger partial charge in [0.25, 0.3) is 0 Å². The summed E-state index contributed by atoms with van der Waals surface area (Å²) < 4.78 is 0. The maximum atomic E-state index is 11.8. The molecule has 2 rings (SSSR count). The smallest absolute Gasteiger partial charge is 0.224 e. The summed E-state index contributed by atoms with van der Waals surface area (Å²) in [5.74, 6) is 2.83. The molecule has 0 radical (unpaired) electrons. The quantitative estimate of drug-likeness (QED) is 0.701. The average molecular weight is 214 g/mol. The lowest BCUT2D eigenvalue weighted by Gasteiger charge is -2.23. The van der Waals surface area contributed by atoms with Crippen molar-refractivity contribution in [2.24, 2.45) is 5.92 Å². The molecule has 0 N–H and O–H groups in total. The van der Waals surface area contributed by atoms with E-state index in [4.69, 9.17) is 6.42 Å². The van der Waals surface area contributed by atoms with Crippen LogP contribution in [0.25, 0.3) is 0 Å². The van der Waals surface area contributed by atoms with Crippen molar-refractivity contribution in [3.63, 3.8) is 0 Å². The highest BCUT2D eigenvalue weighted by atomic mass is 16.2. The summed E-state index contributed by atoms with van der Waals surface area (Å²) in [6.07, 6.45) is 7.56. The van der Waals surface area contributed by atoms with Crippen molar-refractivity contribution in [1.82, 2.24) is 9.88 Å². The van der Waals surface area contributed by atoms with Crippen molar-refractivity contribution in [3.8, 4) is 12.3 Å². The first-order valence-electron chi connectivity index (χ1n) is 5.39. The molecule has 1 amide bonds. The lowest BCUT2D eigenvalue weighted by Crippen LogP contribution is -2.28. The van der Waals surface area contributed by atoms with Crippen LogP contribution < -0.4 is 0 Å². The number of carbonyl (C=O) groups excluding carboxylic acids is 1.